The third kappa shape index (κ3) is 4.15. The number of pyridine rings is 1. The largest absolute Gasteiger partial charge is 0.367 e. The molecular formula is C19H22N4O2. The van der Waals surface area contributed by atoms with Crippen molar-refractivity contribution >= 4 is 18.0 Å². The smallest absolute Gasteiger partial charge is 0.253 e. The van der Waals surface area contributed by atoms with Crippen LogP contribution in [0.5, 0.6) is 0 Å². The van der Waals surface area contributed by atoms with Crippen LogP contribution in [0.4, 0.5) is 5.69 Å². The predicted molar refractivity (Wildman–Crippen MR) is 96.4 cm³/mol. The third-order valence-corrected chi connectivity index (χ3v) is 4.52. The van der Waals surface area contributed by atoms with Gasteiger partial charge in [-0.2, -0.15) is 0 Å². The average Bonchev–Trinajstić information content (AvgIpc) is 2.67. The molecule has 1 aromatic carbocycles. The Bertz CT molecular complexity index is 755. The Morgan fingerprint density at radius 3 is 2.68 bits per heavy atom. The zero-order valence-electron chi connectivity index (χ0n) is 14.3. The third-order valence-electron chi connectivity index (χ3n) is 4.52. The summed E-state index contributed by atoms with van der Waals surface area (Å²) in [5.41, 5.74) is 3.71. The molecule has 0 radical (unpaired) electrons. The van der Waals surface area contributed by atoms with Gasteiger partial charge in [-0.3, -0.25) is 14.6 Å². The Morgan fingerprint density at radius 2 is 1.96 bits per heavy atom. The number of hydrogen-bond donors (Lipinski definition) is 1. The van der Waals surface area contributed by atoms with Crippen LogP contribution in [0.2, 0.25) is 0 Å². The van der Waals surface area contributed by atoms with E-state index in [1.165, 1.54) is 0 Å². The molecular weight excluding hydrogens is 316 g/mol. The van der Waals surface area contributed by atoms with Gasteiger partial charge in [0.2, 0.25) is 6.41 Å². The second-order valence-electron chi connectivity index (χ2n) is 6.17. The molecule has 0 unspecified atom stereocenters. The molecule has 1 N–H and O–H groups in total. The first kappa shape index (κ1) is 17.0. The van der Waals surface area contributed by atoms with Crippen molar-refractivity contribution in [2.45, 2.75) is 13.5 Å². The SMILES string of the molecule is Cc1ccccc1CNC(=O)c1cncc(N2CCN(C=O)CC2)c1. The normalized spacial score (nSPS) is 14.3. The molecule has 0 aliphatic carbocycles. The minimum absolute atomic E-state index is 0.135. The van der Waals surface area contributed by atoms with E-state index in [2.05, 4.69) is 15.2 Å². The molecule has 6 nitrogen and oxygen atoms in total. The molecule has 0 bridgehead atoms. The number of aromatic nitrogens is 1. The molecule has 1 aliphatic rings. The van der Waals surface area contributed by atoms with Crippen LogP contribution in [0.25, 0.3) is 0 Å². The summed E-state index contributed by atoms with van der Waals surface area (Å²) in [5.74, 6) is -0.135. The van der Waals surface area contributed by atoms with E-state index in [9.17, 15) is 9.59 Å². The Kier molecular flexibility index (Phi) is 5.28. The minimum atomic E-state index is -0.135. The molecule has 0 spiro atoms. The molecule has 1 saturated heterocycles. The van der Waals surface area contributed by atoms with Gasteiger partial charge in [0.15, 0.2) is 0 Å². The first-order chi connectivity index (χ1) is 12.2. The number of nitrogens with one attached hydrogen (secondary N) is 1. The molecule has 0 atom stereocenters. The van der Waals surface area contributed by atoms with Crippen LogP contribution in [0.3, 0.4) is 0 Å². The number of nitrogens with zero attached hydrogens (tertiary/aromatic N) is 3. The lowest BCUT2D eigenvalue weighted by Gasteiger charge is -2.34. The monoisotopic (exact) mass is 338 g/mol. The zero-order chi connectivity index (χ0) is 17.6. The molecule has 2 heterocycles. The van der Waals surface area contributed by atoms with Gasteiger partial charge in [-0.05, 0) is 24.1 Å². The lowest BCUT2D eigenvalue weighted by Crippen LogP contribution is -2.45. The van der Waals surface area contributed by atoms with Gasteiger partial charge < -0.3 is 15.1 Å². The molecule has 1 fully saturated rings. The van der Waals surface area contributed by atoms with Crippen LogP contribution >= 0.6 is 0 Å². The number of carbonyl (C=O) groups is 2. The molecule has 25 heavy (non-hydrogen) atoms. The number of piperazine rings is 1. The maximum atomic E-state index is 12.4. The van der Waals surface area contributed by atoms with Crippen LogP contribution in [0.1, 0.15) is 21.5 Å². The van der Waals surface area contributed by atoms with Gasteiger partial charge in [0.25, 0.3) is 5.91 Å². The number of aryl methyl sites for hydroxylation is 1. The van der Waals surface area contributed by atoms with E-state index in [1.54, 1.807) is 17.3 Å². The average molecular weight is 338 g/mol. The first-order valence-electron chi connectivity index (χ1n) is 8.39. The molecule has 1 aliphatic heterocycles. The highest BCUT2D eigenvalue weighted by Crippen LogP contribution is 2.17. The van der Waals surface area contributed by atoms with Gasteiger partial charge in [0, 0.05) is 38.9 Å². The zero-order valence-corrected chi connectivity index (χ0v) is 14.3. The maximum Gasteiger partial charge on any atom is 0.253 e. The Morgan fingerprint density at radius 1 is 1.20 bits per heavy atom. The van der Waals surface area contributed by atoms with Crippen molar-refractivity contribution in [1.29, 1.82) is 0 Å². The van der Waals surface area contributed by atoms with Gasteiger partial charge in [-0.1, -0.05) is 24.3 Å². The number of benzene rings is 1. The van der Waals surface area contributed by atoms with Gasteiger partial charge in [-0.25, -0.2) is 0 Å². The van der Waals surface area contributed by atoms with Gasteiger partial charge in [0.1, 0.15) is 0 Å². The summed E-state index contributed by atoms with van der Waals surface area (Å²) in [6.07, 6.45) is 4.22. The topological polar surface area (TPSA) is 65.5 Å². The van der Waals surface area contributed by atoms with Gasteiger partial charge in [0.05, 0.1) is 17.4 Å². The molecule has 1 aromatic heterocycles. The summed E-state index contributed by atoms with van der Waals surface area (Å²) in [6, 6.07) is 9.85. The van der Waals surface area contributed by atoms with E-state index in [-0.39, 0.29) is 5.91 Å². The standard InChI is InChI=1S/C19H22N4O2/c1-15-4-2-3-5-16(15)12-21-19(25)17-10-18(13-20-11-17)23-8-6-22(14-24)7-9-23/h2-5,10-11,13-14H,6-9,12H2,1H3,(H,21,25). The number of rotatable bonds is 5. The molecule has 3 rings (SSSR count). The highest BCUT2D eigenvalue weighted by Gasteiger charge is 2.17. The number of anilines is 1. The minimum Gasteiger partial charge on any atom is -0.367 e. The summed E-state index contributed by atoms with van der Waals surface area (Å²) >= 11 is 0. The van der Waals surface area contributed by atoms with Crippen LogP contribution in [-0.4, -0.2) is 48.4 Å². The van der Waals surface area contributed by atoms with E-state index in [4.69, 9.17) is 0 Å². The molecule has 6 heteroatoms. The van der Waals surface area contributed by atoms with E-state index in [0.717, 1.165) is 36.3 Å². The van der Waals surface area contributed by atoms with E-state index >= 15 is 0 Å². The summed E-state index contributed by atoms with van der Waals surface area (Å²) in [5, 5.41) is 2.95. The lowest BCUT2D eigenvalue weighted by molar-refractivity contribution is -0.118. The highest BCUT2D eigenvalue weighted by molar-refractivity contribution is 5.94. The van der Waals surface area contributed by atoms with Crippen LogP contribution in [-0.2, 0) is 11.3 Å². The fourth-order valence-corrected chi connectivity index (χ4v) is 2.90. The maximum absolute atomic E-state index is 12.4. The van der Waals surface area contributed by atoms with Gasteiger partial charge in [-0.15, -0.1) is 0 Å². The van der Waals surface area contributed by atoms with Crippen molar-refractivity contribution in [3.63, 3.8) is 0 Å². The molecule has 0 saturated carbocycles. The molecule has 2 aromatic rings. The Labute approximate surface area is 147 Å². The second kappa shape index (κ2) is 7.79. The summed E-state index contributed by atoms with van der Waals surface area (Å²) < 4.78 is 0. The van der Waals surface area contributed by atoms with Crippen molar-refractivity contribution < 1.29 is 9.59 Å². The summed E-state index contributed by atoms with van der Waals surface area (Å²) in [7, 11) is 0. The Balaban J connectivity index is 1.64. The Hall–Kier alpha value is -2.89. The van der Waals surface area contributed by atoms with Gasteiger partial charge >= 0.3 is 0 Å². The number of hydrogen-bond acceptors (Lipinski definition) is 4. The predicted octanol–water partition coefficient (Wildman–Crippen LogP) is 1.60. The molecule has 130 valence electrons. The van der Waals surface area contributed by atoms with E-state index in [1.807, 2.05) is 37.3 Å². The van der Waals surface area contributed by atoms with Crippen molar-refractivity contribution in [3.05, 3.63) is 59.4 Å². The highest BCUT2D eigenvalue weighted by atomic mass is 16.1. The first-order valence-corrected chi connectivity index (χ1v) is 8.39. The van der Waals surface area contributed by atoms with E-state index in [0.29, 0.717) is 25.2 Å². The fraction of sp³-hybridized carbons (Fsp3) is 0.316. The van der Waals surface area contributed by atoms with Crippen LogP contribution < -0.4 is 10.2 Å². The molecule has 2 amide bonds. The fourth-order valence-electron chi connectivity index (χ4n) is 2.90. The summed E-state index contributed by atoms with van der Waals surface area (Å²) in [6.45, 7) is 5.39. The van der Waals surface area contributed by atoms with Crippen molar-refractivity contribution in [2.75, 3.05) is 31.1 Å². The van der Waals surface area contributed by atoms with Crippen LogP contribution in [0.15, 0.2) is 42.7 Å². The lowest BCUT2D eigenvalue weighted by atomic mass is 10.1. The van der Waals surface area contributed by atoms with Crippen LogP contribution in [0, 0.1) is 6.92 Å². The van der Waals surface area contributed by atoms with Crippen molar-refractivity contribution in [1.82, 2.24) is 15.2 Å². The summed E-state index contributed by atoms with van der Waals surface area (Å²) in [4.78, 5) is 31.3. The number of carbonyl (C=O) groups excluding carboxylic acids is 2. The quantitative estimate of drug-likeness (QED) is 0.841. The van der Waals surface area contributed by atoms with Crippen molar-refractivity contribution in [3.8, 4) is 0 Å². The number of amides is 2. The second-order valence-corrected chi connectivity index (χ2v) is 6.17. The van der Waals surface area contributed by atoms with E-state index < -0.39 is 0 Å². The van der Waals surface area contributed by atoms with Crippen molar-refractivity contribution in [2.24, 2.45) is 0 Å².